The Hall–Kier alpha value is -2.04. The zero-order valence-corrected chi connectivity index (χ0v) is 15.0. The standard InChI is InChI=1S/C19H16Cl2N2O2/c20-12-5-7-15(21)14(10-12)17-8-6-13(25-17)11-16-19(24)23-9-3-1-2-4-18(23)22-16/h5-8,10-11H,1-4,9H2/b16-11-. The molecule has 0 N–H and O–H groups in total. The highest BCUT2D eigenvalue weighted by Gasteiger charge is 2.30. The van der Waals surface area contributed by atoms with Gasteiger partial charge in [-0.3, -0.25) is 9.69 Å². The molecule has 0 saturated carbocycles. The van der Waals surface area contributed by atoms with Gasteiger partial charge < -0.3 is 4.42 Å². The van der Waals surface area contributed by atoms with Crippen LogP contribution in [0, 0.1) is 0 Å². The molecule has 2 aromatic rings. The third-order valence-corrected chi connectivity index (χ3v) is 4.97. The average molecular weight is 375 g/mol. The minimum atomic E-state index is -0.0457. The number of furan rings is 1. The summed E-state index contributed by atoms with van der Waals surface area (Å²) in [5, 5.41) is 1.14. The maximum atomic E-state index is 12.5. The van der Waals surface area contributed by atoms with Crippen LogP contribution in [0.1, 0.15) is 31.4 Å². The van der Waals surface area contributed by atoms with Crippen molar-refractivity contribution in [2.24, 2.45) is 4.99 Å². The Morgan fingerprint density at radius 2 is 2.00 bits per heavy atom. The Morgan fingerprint density at radius 3 is 2.88 bits per heavy atom. The number of aliphatic imine (C=N–C) groups is 1. The maximum Gasteiger partial charge on any atom is 0.277 e. The number of fused-ring (bicyclic) bond motifs is 1. The van der Waals surface area contributed by atoms with Gasteiger partial charge in [-0.2, -0.15) is 0 Å². The monoisotopic (exact) mass is 374 g/mol. The molecule has 0 bridgehead atoms. The van der Waals surface area contributed by atoms with Gasteiger partial charge in [0.25, 0.3) is 5.91 Å². The van der Waals surface area contributed by atoms with Crippen LogP contribution in [0.3, 0.4) is 0 Å². The summed E-state index contributed by atoms with van der Waals surface area (Å²) in [4.78, 5) is 18.8. The summed E-state index contributed by atoms with van der Waals surface area (Å²) in [6, 6.07) is 8.83. The van der Waals surface area contributed by atoms with E-state index in [4.69, 9.17) is 27.6 Å². The topological polar surface area (TPSA) is 45.8 Å². The molecule has 128 valence electrons. The Morgan fingerprint density at radius 1 is 1.12 bits per heavy atom. The smallest absolute Gasteiger partial charge is 0.277 e. The largest absolute Gasteiger partial charge is 0.457 e. The number of hydrogen-bond acceptors (Lipinski definition) is 3. The molecule has 1 amide bonds. The van der Waals surface area contributed by atoms with E-state index in [0.29, 0.717) is 27.3 Å². The summed E-state index contributed by atoms with van der Waals surface area (Å²) in [7, 11) is 0. The molecule has 1 saturated heterocycles. The lowest BCUT2D eigenvalue weighted by Crippen LogP contribution is -2.31. The summed E-state index contributed by atoms with van der Waals surface area (Å²) in [6.07, 6.45) is 5.78. The van der Waals surface area contributed by atoms with E-state index in [1.54, 1.807) is 35.2 Å². The van der Waals surface area contributed by atoms with Gasteiger partial charge in [-0.25, -0.2) is 4.99 Å². The van der Waals surface area contributed by atoms with E-state index >= 15 is 0 Å². The van der Waals surface area contributed by atoms with E-state index in [9.17, 15) is 4.79 Å². The first-order valence-corrected chi connectivity index (χ1v) is 9.04. The molecular weight excluding hydrogens is 359 g/mol. The molecule has 0 atom stereocenters. The molecular formula is C19H16Cl2N2O2. The predicted octanol–water partition coefficient (Wildman–Crippen LogP) is 5.41. The van der Waals surface area contributed by atoms with Crippen LogP contribution in [0.2, 0.25) is 10.0 Å². The molecule has 0 spiro atoms. The third kappa shape index (κ3) is 3.24. The molecule has 0 aliphatic carbocycles. The van der Waals surface area contributed by atoms with Gasteiger partial charge in [0.2, 0.25) is 0 Å². The fourth-order valence-corrected chi connectivity index (χ4v) is 3.53. The minimum absolute atomic E-state index is 0.0457. The minimum Gasteiger partial charge on any atom is -0.457 e. The van der Waals surface area contributed by atoms with Crippen molar-refractivity contribution in [2.45, 2.75) is 25.7 Å². The molecule has 0 radical (unpaired) electrons. The summed E-state index contributed by atoms with van der Waals surface area (Å²) < 4.78 is 5.83. The SMILES string of the molecule is O=C1/C(=C/c2ccc(-c3cc(Cl)ccc3Cl)o2)N=C2CCCCCN12. The number of carbonyl (C=O) groups excluding carboxylic acids is 1. The van der Waals surface area contributed by atoms with Crippen molar-refractivity contribution < 1.29 is 9.21 Å². The van der Waals surface area contributed by atoms with Crippen molar-refractivity contribution in [1.82, 2.24) is 4.90 Å². The van der Waals surface area contributed by atoms with Gasteiger partial charge in [0, 0.05) is 29.6 Å². The lowest BCUT2D eigenvalue weighted by molar-refractivity contribution is -0.122. The van der Waals surface area contributed by atoms with Gasteiger partial charge in [0.1, 0.15) is 23.1 Å². The van der Waals surface area contributed by atoms with Crippen molar-refractivity contribution in [2.75, 3.05) is 6.54 Å². The van der Waals surface area contributed by atoms with Crippen molar-refractivity contribution >= 4 is 41.0 Å². The van der Waals surface area contributed by atoms with Crippen LogP contribution in [0.25, 0.3) is 17.4 Å². The number of amides is 1. The number of hydrogen-bond donors (Lipinski definition) is 0. The van der Waals surface area contributed by atoms with E-state index < -0.39 is 0 Å². The molecule has 3 heterocycles. The van der Waals surface area contributed by atoms with E-state index in [0.717, 1.165) is 43.6 Å². The van der Waals surface area contributed by atoms with E-state index in [1.807, 2.05) is 6.07 Å². The Bertz CT molecular complexity index is 899. The molecule has 0 unspecified atom stereocenters. The number of benzene rings is 1. The lowest BCUT2D eigenvalue weighted by Gasteiger charge is -2.13. The molecule has 2 aliphatic rings. The highest BCUT2D eigenvalue weighted by molar-refractivity contribution is 6.35. The number of rotatable bonds is 2. The molecule has 4 rings (SSSR count). The van der Waals surface area contributed by atoms with Gasteiger partial charge in [-0.1, -0.05) is 29.6 Å². The molecule has 1 aromatic carbocycles. The van der Waals surface area contributed by atoms with Crippen LogP contribution in [0.15, 0.2) is 45.4 Å². The number of carbonyl (C=O) groups is 1. The van der Waals surface area contributed by atoms with E-state index in [-0.39, 0.29) is 5.91 Å². The number of halogens is 2. The van der Waals surface area contributed by atoms with Gasteiger partial charge in [0.15, 0.2) is 0 Å². The maximum absolute atomic E-state index is 12.5. The van der Waals surface area contributed by atoms with Crippen LogP contribution < -0.4 is 0 Å². The highest BCUT2D eigenvalue weighted by Crippen LogP contribution is 2.33. The first kappa shape index (κ1) is 16.4. The van der Waals surface area contributed by atoms with Crippen molar-refractivity contribution in [3.8, 4) is 11.3 Å². The molecule has 4 nitrogen and oxygen atoms in total. The van der Waals surface area contributed by atoms with Crippen molar-refractivity contribution in [3.63, 3.8) is 0 Å². The van der Waals surface area contributed by atoms with E-state index in [2.05, 4.69) is 4.99 Å². The van der Waals surface area contributed by atoms with Gasteiger partial charge in [0.05, 0.1) is 5.02 Å². The fraction of sp³-hybridized carbons (Fsp3) is 0.263. The van der Waals surface area contributed by atoms with Crippen LogP contribution in [0.5, 0.6) is 0 Å². The quantitative estimate of drug-likeness (QED) is 0.659. The van der Waals surface area contributed by atoms with Gasteiger partial charge >= 0.3 is 0 Å². The summed E-state index contributed by atoms with van der Waals surface area (Å²) in [5.74, 6) is 2.00. The van der Waals surface area contributed by atoms with E-state index in [1.165, 1.54) is 0 Å². The van der Waals surface area contributed by atoms with Gasteiger partial charge in [-0.15, -0.1) is 0 Å². The summed E-state index contributed by atoms with van der Waals surface area (Å²) >= 11 is 12.2. The first-order chi connectivity index (χ1) is 12.1. The summed E-state index contributed by atoms with van der Waals surface area (Å²) in [5.41, 5.74) is 1.15. The lowest BCUT2D eigenvalue weighted by atomic mass is 10.2. The molecule has 25 heavy (non-hydrogen) atoms. The van der Waals surface area contributed by atoms with Crippen LogP contribution in [-0.2, 0) is 4.79 Å². The second-order valence-corrected chi connectivity index (χ2v) is 6.99. The first-order valence-electron chi connectivity index (χ1n) is 8.28. The second-order valence-electron chi connectivity index (χ2n) is 6.15. The van der Waals surface area contributed by atoms with Gasteiger partial charge in [-0.05, 0) is 43.2 Å². The van der Waals surface area contributed by atoms with Crippen LogP contribution in [0.4, 0.5) is 0 Å². The predicted molar refractivity (Wildman–Crippen MR) is 99.8 cm³/mol. The highest BCUT2D eigenvalue weighted by atomic mass is 35.5. The molecule has 6 heteroatoms. The second kappa shape index (κ2) is 6.70. The molecule has 1 fully saturated rings. The molecule has 1 aromatic heterocycles. The Balaban J connectivity index is 1.64. The van der Waals surface area contributed by atoms with Crippen LogP contribution in [-0.4, -0.2) is 23.2 Å². The zero-order valence-electron chi connectivity index (χ0n) is 13.5. The Kier molecular flexibility index (Phi) is 4.40. The number of nitrogens with zero attached hydrogens (tertiary/aromatic N) is 2. The average Bonchev–Trinajstić information content (AvgIpc) is 3.08. The van der Waals surface area contributed by atoms with Crippen molar-refractivity contribution in [1.29, 1.82) is 0 Å². The summed E-state index contributed by atoms with van der Waals surface area (Å²) in [6.45, 7) is 0.747. The molecule has 2 aliphatic heterocycles. The number of amidine groups is 1. The normalized spacial score (nSPS) is 19.1. The van der Waals surface area contributed by atoms with Crippen LogP contribution >= 0.6 is 23.2 Å². The zero-order chi connectivity index (χ0) is 17.4. The van der Waals surface area contributed by atoms with Crippen molar-refractivity contribution in [3.05, 3.63) is 51.8 Å². The Labute approximate surface area is 155 Å². The fourth-order valence-electron chi connectivity index (χ4n) is 3.14. The third-order valence-electron chi connectivity index (χ3n) is 4.41.